The van der Waals surface area contributed by atoms with E-state index in [0.717, 1.165) is 23.2 Å². The van der Waals surface area contributed by atoms with Crippen molar-refractivity contribution in [2.24, 2.45) is 4.99 Å². The normalized spacial score (nSPS) is 14.6. The summed E-state index contributed by atoms with van der Waals surface area (Å²) in [6, 6.07) is 27.4. The average Bonchev–Trinajstić information content (AvgIpc) is 3.28. The van der Waals surface area contributed by atoms with E-state index in [1.807, 2.05) is 30.3 Å². The van der Waals surface area contributed by atoms with Crippen LogP contribution in [0.25, 0.3) is 0 Å². The number of anilines is 1. The molecule has 5 rings (SSSR count). The molecule has 168 valence electrons. The Bertz CT molecular complexity index is 1360. The minimum absolute atomic E-state index is 0.0384. The number of hydrogen-bond acceptors (Lipinski definition) is 5. The second kappa shape index (κ2) is 9.41. The number of aromatic hydroxyl groups is 1. The Kier molecular flexibility index (Phi) is 6.02. The summed E-state index contributed by atoms with van der Waals surface area (Å²) < 4.78 is 5.39. The van der Waals surface area contributed by atoms with Crippen LogP contribution in [0.15, 0.2) is 96.0 Å². The molecule has 34 heavy (non-hydrogen) atoms. The van der Waals surface area contributed by atoms with Crippen molar-refractivity contribution in [3.63, 3.8) is 0 Å². The Morgan fingerprint density at radius 3 is 2.53 bits per heavy atom. The molecule has 4 aromatic carbocycles. The van der Waals surface area contributed by atoms with Crippen LogP contribution in [0.2, 0.25) is 5.02 Å². The third-order valence-electron chi connectivity index (χ3n) is 5.71. The largest absolute Gasteiger partial charge is 0.508 e. The first-order valence-electron chi connectivity index (χ1n) is 10.8. The fourth-order valence-electron chi connectivity index (χ4n) is 3.95. The van der Waals surface area contributed by atoms with Crippen LogP contribution in [0.5, 0.6) is 11.5 Å². The Balaban J connectivity index is 1.23. The third kappa shape index (κ3) is 4.65. The van der Waals surface area contributed by atoms with Crippen LogP contribution in [-0.4, -0.2) is 17.3 Å². The smallest absolute Gasteiger partial charge is 0.345 e. The van der Waals surface area contributed by atoms with Gasteiger partial charge in [-0.25, -0.2) is 4.79 Å². The molecule has 1 unspecified atom stereocenters. The fourth-order valence-corrected chi connectivity index (χ4v) is 4.17. The quantitative estimate of drug-likeness (QED) is 0.193. The molecule has 0 fully saturated rings. The number of aliphatic imine (C=N–C) groups is 1. The molecule has 1 heterocycles. The Labute approximate surface area is 202 Å². The predicted octanol–water partition coefficient (Wildman–Crippen LogP) is 6.72. The lowest BCUT2D eigenvalue weighted by Gasteiger charge is -2.13. The highest BCUT2D eigenvalue weighted by atomic mass is 35.5. The maximum atomic E-state index is 12.3. The summed E-state index contributed by atoms with van der Waals surface area (Å²) >= 11 is 6.05. The number of benzene rings is 4. The summed E-state index contributed by atoms with van der Waals surface area (Å²) in [6.07, 6.45) is 2.53. The lowest BCUT2D eigenvalue weighted by atomic mass is 10.0. The van der Waals surface area contributed by atoms with Gasteiger partial charge in [-0.05, 0) is 66.1 Å². The number of ether oxygens (including phenoxy) is 1. The van der Waals surface area contributed by atoms with Crippen LogP contribution in [0, 0.1) is 0 Å². The van der Waals surface area contributed by atoms with Crippen LogP contribution >= 0.6 is 11.6 Å². The van der Waals surface area contributed by atoms with Gasteiger partial charge < -0.3 is 15.2 Å². The van der Waals surface area contributed by atoms with E-state index in [0.29, 0.717) is 22.0 Å². The number of hydrogen-bond donors (Lipinski definition) is 2. The molecule has 0 radical (unpaired) electrons. The molecule has 0 aromatic heterocycles. The predicted molar refractivity (Wildman–Crippen MR) is 135 cm³/mol. The van der Waals surface area contributed by atoms with Crippen molar-refractivity contribution in [2.75, 3.05) is 5.32 Å². The van der Waals surface area contributed by atoms with Gasteiger partial charge in [-0.15, -0.1) is 0 Å². The minimum Gasteiger partial charge on any atom is -0.508 e. The van der Waals surface area contributed by atoms with Crippen molar-refractivity contribution in [3.05, 3.63) is 118 Å². The molecule has 1 atom stereocenters. The van der Waals surface area contributed by atoms with Gasteiger partial charge >= 0.3 is 5.97 Å². The van der Waals surface area contributed by atoms with Crippen molar-refractivity contribution < 1.29 is 14.6 Å². The lowest BCUT2D eigenvalue weighted by molar-refractivity contribution is 0.0735. The number of rotatable bonds is 5. The van der Waals surface area contributed by atoms with Gasteiger partial charge in [-0.2, -0.15) is 0 Å². The molecular weight excluding hydrogens is 448 g/mol. The molecule has 4 aromatic rings. The Hall–Kier alpha value is -4.09. The summed E-state index contributed by atoms with van der Waals surface area (Å²) in [4.78, 5) is 16.8. The van der Waals surface area contributed by atoms with Crippen molar-refractivity contribution >= 4 is 35.2 Å². The molecule has 1 aliphatic rings. The standard InChI is InChI=1S/C28H21ClN2O3/c29-24-7-3-2-6-22(24)28(33)34-21-12-9-18(10-13-21)17-30-20-11-14-23(27(32)16-20)26-15-19-5-1-4-8-25(19)31-26/h1-14,16-17,26,31-32H,15H2. The monoisotopic (exact) mass is 468 g/mol. The van der Waals surface area contributed by atoms with Crippen molar-refractivity contribution in [3.8, 4) is 11.5 Å². The molecular formula is C28H21ClN2O3. The lowest BCUT2D eigenvalue weighted by Crippen LogP contribution is -2.08. The summed E-state index contributed by atoms with van der Waals surface area (Å²) in [6.45, 7) is 0. The first-order valence-corrected chi connectivity index (χ1v) is 11.2. The van der Waals surface area contributed by atoms with Gasteiger partial charge in [0.05, 0.1) is 22.3 Å². The van der Waals surface area contributed by atoms with Gasteiger partial charge in [0.2, 0.25) is 0 Å². The molecule has 6 heteroatoms. The summed E-state index contributed by atoms with van der Waals surface area (Å²) in [5.74, 6) is 0.110. The highest BCUT2D eigenvalue weighted by Crippen LogP contribution is 2.38. The second-order valence-electron chi connectivity index (χ2n) is 8.00. The maximum absolute atomic E-state index is 12.3. The number of nitrogens with zero attached hydrogens (tertiary/aromatic N) is 1. The van der Waals surface area contributed by atoms with Gasteiger partial charge in [0.15, 0.2) is 0 Å². The zero-order chi connectivity index (χ0) is 23.5. The number of para-hydroxylation sites is 1. The summed E-state index contributed by atoms with van der Waals surface area (Å²) in [5.41, 5.74) is 4.99. The van der Waals surface area contributed by atoms with Gasteiger partial charge in [-0.3, -0.25) is 4.99 Å². The molecule has 2 N–H and O–H groups in total. The zero-order valence-electron chi connectivity index (χ0n) is 18.1. The first kappa shape index (κ1) is 21.7. The minimum atomic E-state index is -0.512. The average molecular weight is 469 g/mol. The second-order valence-corrected chi connectivity index (χ2v) is 8.41. The molecule has 0 saturated heterocycles. The van der Waals surface area contributed by atoms with E-state index in [2.05, 4.69) is 16.4 Å². The van der Waals surface area contributed by atoms with Crippen molar-refractivity contribution in [1.82, 2.24) is 0 Å². The van der Waals surface area contributed by atoms with E-state index in [-0.39, 0.29) is 11.8 Å². The topological polar surface area (TPSA) is 70.9 Å². The van der Waals surface area contributed by atoms with E-state index in [9.17, 15) is 9.90 Å². The third-order valence-corrected chi connectivity index (χ3v) is 6.04. The number of esters is 1. The van der Waals surface area contributed by atoms with Gasteiger partial charge in [-0.1, -0.05) is 48.0 Å². The Morgan fingerprint density at radius 2 is 1.76 bits per heavy atom. The molecule has 0 spiro atoms. The number of fused-ring (bicyclic) bond motifs is 1. The number of nitrogens with one attached hydrogen (secondary N) is 1. The summed E-state index contributed by atoms with van der Waals surface area (Å²) in [5, 5.41) is 14.4. The molecule has 0 aliphatic carbocycles. The summed E-state index contributed by atoms with van der Waals surface area (Å²) in [7, 11) is 0. The Morgan fingerprint density at radius 1 is 1.00 bits per heavy atom. The van der Waals surface area contributed by atoms with Crippen LogP contribution in [0.3, 0.4) is 0 Å². The van der Waals surface area contributed by atoms with Gasteiger partial charge in [0.25, 0.3) is 0 Å². The van der Waals surface area contributed by atoms with Crippen LogP contribution < -0.4 is 10.1 Å². The van der Waals surface area contributed by atoms with Crippen LogP contribution in [0.4, 0.5) is 11.4 Å². The molecule has 1 aliphatic heterocycles. The molecule has 0 saturated carbocycles. The fraction of sp³-hybridized carbons (Fsp3) is 0.0714. The number of carbonyl (C=O) groups excluding carboxylic acids is 1. The molecule has 0 bridgehead atoms. The van der Waals surface area contributed by atoms with E-state index >= 15 is 0 Å². The SMILES string of the molecule is O=C(Oc1ccc(C=Nc2ccc(C3Cc4ccccc4N3)c(O)c2)cc1)c1ccccc1Cl. The zero-order valence-corrected chi connectivity index (χ0v) is 18.9. The molecule has 0 amide bonds. The van der Waals surface area contributed by atoms with E-state index in [1.54, 1.807) is 60.8 Å². The highest BCUT2D eigenvalue weighted by molar-refractivity contribution is 6.33. The van der Waals surface area contributed by atoms with Gasteiger partial charge in [0.1, 0.15) is 11.5 Å². The molecule has 5 nitrogen and oxygen atoms in total. The number of phenols is 1. The number of halogens is 1. The van der Waals surface area contributed by atoms with Crippen molar-refractivity contribution in [1.29, 1.82) is 0 Å². The maximum Gasteiger partial charge on any atom is 0.345 e. The van der Waals surface area contributed by atoms with Crippen LogP contribution in [-0.2, 0) is 6.42 Å². The van der Waals surface area contributed by atoms with Crippen LogP contribution in [0.1, 0.15) is 33.1 Å². The number of phenolic OH excluding ortho intramolecular Hbond substituents is 1. The number of carbonyl (C=O) groups is 1. The van der Waals surface area contributed by atoms with E-state index in [4.69, 9.17) is 16.3 Å². The van der Waals surface area contributed by atoms with Gasteiger partial charge in [0, 0.05) is 23.5 Å². The first-order chi connectivity index (χ1) is 16.6. The van der Waals surface area contributed by atoms with Crippen molar-refractivity contribution in [2.45, 2.75) is 12.5 Å². The van der Waals surface area contributed by atoms with E-state index < -0.39 is 5.97 Å². The van der Waals surface area contributed by atoms with E-state index in [1.165, 1.54) is 5.56 Å². The highest BCUT2D eigenvalue weighted by Gasteiger charge is 2.23.